The first-order valence-electron chi connectivity index (χ1n) is 5.56. The van der Waals surface area contributed by atoms with Crippen LogP contribution in [0.3, 0.4) is 0 Å². The highest BCUT2D eigenvalue weighted by Gasteiger charge is 2.46. The van der Waals surface area contributed by atoms with Crippen molar-refractivity contribution in [3.05, 3.63) is 29.8 Å². The molecule has 0 aromatic heterocycles. The van der Waals surface area contributed by atoms with E-state index in [4.69, 9.17) is 5.11 Å². The predicted molar refractivity (Wildman–Crippen MR) is 65.7 cm³/mol. The Kier molecular flexibility index (Phi) is 5.29. The standard InChI is InChI=1S/C12H13F3O4S/c1-7-2-4-8(5-3-7)20(19)9(6-10(16)17)11(18)12(13,14)15/h2-5,9,11,18H,6H2,1H3,(H,16,17)/t9-,11+,20-/m0/s1. The van der Waals surface area contributed by atoms with Crippen molar-refractivity contribution in [2.75, 3.05) is 0 Å². The lowest BCUT2D eigenvalue weighted by atomic mass is 10.2. The molecule has 3 atom stereocenters. The average molecular weight is 310 g/mol. The van der Waals surface area contributed by atoms with Gasteiger partial charge in [0.1, 0.15) is 0 Å². The molecule has 0 aliphatic heterocycles. The minimum Gasteiger partial charge on any atom is -0.481 e. The van der Waals surface area contributed by atoms with Crippen molar-refractivity contribution in [2.24, 2.45) is 0 Å². The van der Waals surface area contributed by atoms with E-state index in [1.165, 1.54) is 12.1 Å². The van der Waals surface area contributed by atoms with Crippen LogP contribution in [-0.4, -0.2) is 37.9 Å². The van der Waals surface area contributed by atoms with E-state index >= 15 is 0 Å². The lowest BCUT2D eigenvalue weighted by Crippen LogP contribution is -2.43. The zero-order chi connectivity index (χ0) is 15.5. The Bertz CT molecular complexity index is 498. The zero-order valence-corrected chi connectivity index (χ0v) is 11.2. The Morgan fingerprint density at radius 2 is 1.80 bits per heavy atom. The van der Waals surface area contributed by atoms with Gasteiger partial charge in [-0.05, 0) is 19.1 Å². The summed E-state index contributed by atoms with van der Waals surface area (Å²) in [6.45, 7) is 1.74. The normalized spacial score (nSPS) is 16.4. The number of halogens is 3. The van der Waals surface area contributed by atoms with E-state index in [2.05, 4.69) is 0 Å². The largest absolute Gasteiger partial charge is 0.481 e. The Labute approximate surface area is 115 Å². The molecule has 0 spiro atoms. The number of carboxylic acid groups (broad SMARTS) is 1. The maximum atomic E-state index is 12.5. The zero-order valence-electron chi connectivity index (χ0n) is 10.4. The number of rotatable bonds is 5. The molecule has 1 aromatic rings. The van der Waals surface area contributed by atoms with Crippen LogP contribution in [0.4, 0.5) is 13.2 Å². The molecule has 1 rings (SSSR count). The van der Waals surface area contributed by atoms with E-state index in [0.29, 0.717) is 0 Å². The Hall–Kier alpha value is -1.41. The number of alkyl halides is 3. The van der Waals surface area contributed by atoms with Gasteiger partial charge in [0.2, 0.25) is 0 Å². The number of aryl methyl sites for hydroxylation is 1. The smallest absolute Gasteiger partial charge is 0.415 e. The molecule has 0 unspecified atom stereocenters. The van der Waals surface area contributed by atoms with Crippen LogP contribution in [0.5, 0.6) is 0 Å². The summed E-state index contributed by atoms with van der Waals surface area (Å²) < 4.78 is 49.6. The van der Waals surface area contributed by atoms with Crippen molar-refractivity contribution in [1.82, 2.24) is 0 Å². The van der Waals surface area contributed by atoms with Gasteiger partial charge in [-0.2, -0.15) is 13.2 Å². The van der Waals surface area contributed by atoms with Crippen molar-refractivity contribution in [1.29, 1.82) is 0 Å². The van der Waals surface area contributed by atoms with Gasteiger partial charge in [-0.25, -0.2) is 0 Å². The SMILES string of the molecule is Cc1ccc([S@](=O)[C@@H](CC(=O)O)[C@@H](O)C(F)(F)F)cc1. The van der Waals surface area contributed by atoms with Crippen molar-refractivity contribution in [3.8, 4) is 0 Å². The topological polar surface area (TPSA) is 74.6 Å². The third-order valence-electron chi connectivity index (χ3n) is 2.59. The average Bonchev–Trinajstić information content (AvgIpc) is 2.34. The molecule has 0 saturated carbocycles. The molecule has 20 heavy (non-hydrogen) atoms. The van der Waals surface area contributed by atoms with Crippen molar-refractivity contribution in [3.63, 3.8) is 0 Å². The van der Waals surface area contributed by atoms with E-state index in [1.807, 2.05) is 0 Å². The summed E-state index contributed by atoms with van der Waals surface area (Å²) in [5.74, 6) is -1.56. The second kappa shape index (κ2) is 6.36. The molecule has 0 fully saturated rings. The summed E-state index contributed by atoms with van der Waals surface area (Å²) in [6.07, 6.45) is -9.03. The number of aliphatic carboxylic acids is 1. The van der Waals surface area contributed by atoms with Crippen LogP contribution in [0.25, 0.3) is 0 Å². The summed E-state index contributed by atoms with van der Waals surface area (Å²) in [5, 5.41) is 15.9. The van der Waals surface area contributed by atoms with E-state index < -0.39 is 40.7 Å². The third kappa shape index (κ3) is 4.31. The maximum absolute atomic E-state index is 12.5. The number of carboxylic acids is 1. The van der Waals surface area contributed by atoms with Crippen LogP contribution in [-0.2, 0) is 15.6 Å². The second-order valence-corrected chi connectivity index (χ2v) is 5.90. The van der Waals surface area contributed by atoms with Crippen LogP contribution in [0.15, 0.2) is 29.2 Å². The molecule has 112 valence electrons. The molecule has 0 aliphatic rings. The highest BCUT2D eigenvalue weighted by atomic mass is 32.2. The van der Waals surface area contributed by atoms with Crippen LogP contribution in [0, 0.1) is 6.92 Å². The highest BCUT2D eigenvalue weighted by molar-refractivity contribution is 7.85. The lowest BCUT2D eigenvalue weighted by Gasteiger charge is -2.23. The molecule has 0 aliphatic carbocycles. The minimum absolute atomic E-state index is 0.0464. The number of hydrogen-bond donors (Lipinski definition) is 2. The molecule has 4 nitrogen and oxygen atoms in total. The van der Waals surface area contributed by atoms with Gasteiger partial charge < -0.3 is 10.2 Å². The Balaban J connectivity index is 3.07. The molecule has 0 amide bonds. The number of aliphatic hydroxyl groups excluding tert-OH is 1. The first-order chi connectivity index (χ1) is 9.12. The van der Waals surface area contributed by atoms with E-state index in [1.54, 1.807) is 19.1 Å². The van der Waals surface area contributed by atoms with Gasteiger partial charge in [0.15, 0.2) is 6.10 Å². The number of aliphatic hydroxyl groups is 1. The van der Waals surface area contributed by atoms with Crippen molar-refractivity contribution >= 4 is 16.8 Å². The molecular formula is C12H13F3O4S. The monoisotopic (exact) mass is 310 g/mol. The summed E-state index contributed by atoms with van der Waals surface area (Å²) in [5.41, 5.74) is 0.817. The molecule has 8 heteroatoms. The van der Waals surface area contributed by atoms with Gasteiger partial charge in [-0.3, -0.25) is 9.00 Å². The first kappa shape index (κ1) is 16.6. The summed E-state index contributed by atoms with van der Waals surface area (Å²) >= 11 is 0. The van der Waals surface area contributed by atoms with E-state index in [0.717, 1.165) is 5.56 Å². The van der Waals surface area contributed by atoms with E-state index in [-0.39, 0.29) is 4.90 Å². The van der Waals surface area contributed by atoms with Gasteiger partial charge in [0.05, 0.1) is 22.5 Å². The van der Waals surface area contributed by atoms with Crippen LogP contribution in [0.2, 0.25) is 0 Å². The van der Waals surface area contributed by atoms with Gasteiger partial charge in [0, 0.05) is 4.90 Å². The molecule has 0 heterocycles. The second-order valence-electron chi connectivity index (χ2n) is 4.23. The Morgan fingerprint density at radius 3 is 2.20 bits per heavy atom. The molecule has 2 N–H and O–H groups in total. The predicted octanol–water partition coefficient (Wildman–Crippen LogP) is 1.87. The fraction of sp³-hybridized carbons (Fsp3) is 0.417. The third-order valence-corrected chi connectivity index (χ3v) is 4.30. The fourth-order valence-corrected chi connectivity index (χ4v) is 2.97. The highest BCUT2D eigenvalue weighted by Crippen LogP contribution is 2.28. The summed E-state index contributed by atoms with van der Waals surface area (Å²) in [7, 11) is -2.28. The molecule has 1 aromatic carbocycles. The van der Waals surface area contributed by atoms with Crippen molar-refractivity contribution in [2.45, 2.75) is 35.8 Å². The summed E-state index contributed by atoms with van der Waals surface area (Å²) in [6, 6.07) is 5.79. The van der Waals surface area contributed by atoms with Crippen LogP contribution in [0.1, 0.15) is 12.0 Å². The molecule has 0 radical (unpaired) electrons. The molecular weight excluding hydrogens is 297 g/mol. The van der Waals surface area contributed by atoms with Gasteiger partial charge in [0.25, 0.3) is 0 Å². The van der Waals surface area contributed by atoms with Crippen molar-refractivity contribution < 1.29 is 32.4 Å². The quantitative estimate of drug-likeness (QED) is 0.870. The van der Waals surface area contributed by atoms with Gasteiger partial charge in [-0.1, -0.05) is 17.7 Å². The molecule has 0 saturated heterocycles. The number of carbonyl (C=O) groups is 1. The number of benzene rings is 1. The Morgan fingerprint density at radius 1 is 1.30 bits per heavy atom. The first-order valence-corrected chi connectivity index (χ1v) is 6.78. The maximum Gasteiger partial charge on any atom is 0.415 e. The molecule has 0 bridgehead atoms. The summed E-state index contributed by atoms with van der Waals surface area (Å²) in [4.78, 5) is 10.7. The lowest BCUT2D eigenvalue weighted by molar-refractivity contribution is -0.204. The minimum atomic E-state index is -5.03. The van der Waals surface area contributed by atoms with Crippen LogP contribution < -0.4 is 0 Å². The number of hydrogen-bond acceptors (Lipinski definition) is 3. The van der Waals surface area contributed by atoms with E-state index in [9.17, 15) is 27.3 Å². The van der Waals surface area contributed by atoms with Gasteiger partial charge in [-0.15, -0.1) is 0 Å². The van der Waals surface area contributed by atoms with Crippen LogP contribution >= 0.6 is 0 Å². The van der Waals surface area contributed by atoms with Gasteiger partial charge >= 0.3 is 12.1 Å². The fourth-order valence-electron chi connectivity index (χ4n) is 1.53.